The maximum absolute atomic E-state index is 13.3. The van der Waals surface area contributed by atoms with Crippen molar-refractivity contribution in [1.29, 1.82) is 0 Å². The lowest BCUT2D eigenvalue weighted by Gasteiger charge is -2.28. The van der Waals surface area contributed by atoms with Crippen molar-refractivity contribution in [1.82, 2.24) is 19.8 Å². The highest BCUT2D eigenvalue weighted by Gasteiger charge is 2.20. The molecule has 2 heterocycles. The Morgan fingerprint density at radius 2 is 1.84 bits per heavy atom. The van der Waals surface area contributed by atoms with E-state index in [1.54, 1.807) is 12.4 Å². The topological polar surface area (TPSA) is 61.4 Å². The van der Waals surface area contributed by atoms with Crippen molar-refractivity contribution in [3.8, 4) is 0 Å². The number of fused-ring (bicyclic) bond motifs is 1. The van der Waals surface area contributed by atoms with E-state index < -0.39 is 0 Å². The molecule has 4 rings (SSSR count). The number of nitrogens with one attached hydrogen (secondary N) is 1. The van der Waals surface area contributed by atoms with E-state index >= 15 is 0 Å². The van der Waals surface area contributed by atoms with Crippen LogP contribution in [0.1, 0.15) is 27.9 Å². The molecule has 3 aromatic rings. The minimum absolute atomic E-state index is 0.0505. The number of rotatable bonds is 3. The van der Waals surface area contributed by atoms with Gasteiger partial charge in [0.25, 0.3) is 5.91 Å². The molecule has 0 spiro atoms. The molecule has 0 saturated heterocycles. The van der Waals surface area contributed by atoms with Crippen LogP contribution in [-0.4, -0.2) is 51.9 Å². The Bertz CT molecular complexity index is 999. The maximum atomic E-state index is 13.3. The summed E-state index contributed by atoms with van der Waals surface area (Å²) in [4.78, 5) is 25.7. The second kappa shape index (κ2) is 10.5. The van der Waals surface area contributed by atoms with E-state index in [1.807, 2.05) is 17.0 Å². The third-order valence-corrected chi connectivity index (χ3v) is 5.92. The van der Waals surface area contributed by atoms with E-state index in [4.69, 9.17) is 0 Å². The molecule has 1 amide bonds. The first-order valence-corrected chi connectivity index (χ1v) is 11.3. The van der Waals surface area contributed by atoms with Gasteiger partial charge in [0.15, 0.2) is 0 Å². The summed E-state index contributed by atoms with van der Waals surface area (Å²) in [6.07, 6.45) is 5.65. The molecule has 31 heavy (non-hydrogen) atoms. The zero-order valence-corrected chi connectivity index (χ0v) is 19.0. The van der Waals surface area contributed by atoms with Crippen LogP contribution in [0.5, 0.6) is 0 Å². The standard InChI is InChI=1S/C24H26BrN5O/c25-22-7-8-23-20(13-22)17-30(24(31)21-14-26-18-27-15-21)12-11-29(10-4-9-28-23)16-19-5-2-1-3-6-19/h1-3,5-8,13-15,18,28H,4,9-12,16-17H2. The number of amides is 1. The van der Waals surface area contributed by atoms with Crippen molar-refractivity contribution < 1.29 is 4.79 Å². The minimum atomic E-state index is -0.0505. The zero-order chi connectivity index (χ0) is 21.5. The SMILES string of the molecule is O=C(c1cncnc1)N1CCN(Cc2ccccc2)CCCNc2ccc(Br)cc2C1. The smallest absolute Gasteiger partial charge is 0.257 e. The molecular formula is C24H26BrN5O. The Morgan fingerprint density at radius 1 is 1.03 bits per heavy atom. The lowest BCUT2D eigenvalue weighted by Crippen LogP contribution is -2.38. The van der Waals surface area contributed by atoms with Gasteiger partial charge in [-0.15, -0.1) is 0 Å². The monoisotopic (exact) mass is 479 g/mol. The fourth-order valence-electron chi connectivity index (χ4n) is 3.82. The van der Waals surface area contributed by atoms with E-state index in [0.29, 0.717) is 18.7 Å². The molecule has 0 fully saturated rings. The Labute approximate surface area is 191 Å². The summed E-state index contributed by atoms with van der Waals surface area (Å²) < 4.78 is 1.00. The number of carbonyl (C=O) groups is 1. The molecule has 0 unspecified atom stereocenters. The predicted octanol–water partition coefficient (Wildman–Crippen LogP) is 4.20. The quantitative estimate of drug-likeness (QED) is 0.609. The first-order chi connectivity index (χ1) is 15.2. The van der Waals surface area contributed by atoms with E-state index in [0.717, 1.165) is 48.3 Å². The molecule has 0 saturated carbocycles. The van der Waals surface area contributed by atoms with Gasteiger partial charge in [0, 0.05) is 61.8 Å². The summed E-state index contributed by atoms with van der Waals surface area (Å²) >= 11 is 3.57. The first kappa shape index (κ1) is 21.5. The van der Waals surface area contributed by atoms with Crippen molar-refractivity contribution in [2.75, 3.05) is 31.5 Å². The lowest BCUT2D eigenvalue weighted by atomic mass is 10.1. The predicted molar refractivity (Wildman–Crippen MR) is 126 cm³/mol. The molecule has 1 aliphatic heterocycles. The third-order valence-electron chi connectivity index (χ3n) is 5.42. The average Bonchev–Trinajstić information content (AvgIpc) is 2.84. The van der Waals surface area contributed by atoms with Gasteiger partial charge in [-0.2, -0.15) is 0 Å². The summed E-state index contributed by atoms with van der Waals surface area (Å²) in [5, 5.41) is 3.56. The number of benzene rings is 2. The molecule has 2 aromatic carbocycles. The van der Waals surface area contributed by atoms with Crippen LogP contribution in [0.4, 0.5) is 5.69 Å². The molecular weight excluding hydrogens is 454 g/mol. The molecule has 0 radical (unpaired) electrons. The Kier molecular flexibility index (Phi) is 7.27. The molecule has 1 N–H and O–H groups in total. The molecule has 160 valence electrons. The van der Waals surface area contributed by atoms with Crippen LogP contribution < -0.4 is 5.32 Å². The first-order valence-electron chi connectivity index (χ1n) is 10.5. The Balaban J connectivity index is 1.59. The van der Waals surface area contributed by atoms with Gasteiger partial charge in [-0.3, -0.25) is 9.69 Å². The fourth-order valence-corrected chi connectivity index (χ4v) is 4.22. The highest BCUT2D eigenvalue weighted by atomic mass is 79.9. The summed E-state index contributed by atoms with van der Waals surface area (Å²) in [6, 6.07) is 16.7. The number of nitrogens with zero attached hydrogens (tertiary/aromatic N) is 4. The van der Waals surface area contributed by atoms with E-state index in [-0.39, 0.29) is 5.91 Å². The maximum Gasteiger partial charge on any atom is 0.257 e. The molecule has 0 bridgehead atoms. The lowest BCUT2D eigenvalue weighted by molar-refractivity contribution is 0.0719. The number of carbonyl (C=O) groups excluding carboxylic acids is 1. The van der Waals surface area contributed by atoms with Crippen LogP contribution in [0.25, 0.3) is 0 Å². The Morgan fingerprint density at radius 3 is 2.65 bits per heavy atom. The van der Waals surface area contributed by atoms with Crippen LogP contribution in [0, 0.1) is 0 Å². The van der Waals surface area contributed by atoms with Gasteiger partial charge in [-0.25, -0.2) is 9.97 Å². The van der Waals surface area contributed by atoms with Gasteiger partial charge >= 0.3 is 0 Å². The number of aromatic nitrogens is 2. The zero-order valence-electron chi connectivity index (χ0n) is 17.4. The molecule has 1 aliphatic rings. The second-order valence-electron chi connectivity index (χ2n) is 7.70. The summed E-state index contributed by atoms with van der Waals surface area (Å²) in [7, 11) is 0. The fraction of sp³-hybridized carbons (Fsp3) is 0.292. The molecule has 7 heteroatoms. The van der Waals surface area contributed by atoms with E-state index in [9.17, 15) is 4.79 Å². The highest BCUT2D eigenvalue weighted by Crippen LogP contribution is 2.24. The van der Waals surface area contributed by atoms with E-state index in [2.05, 4.69) is 72.5 Å². The van der Waals surface area contributed by atoms with Gasteiger partial charge in [0.05, 0.1) is 5.56 Å². The number of halogens is 1. The van der Waals surface area contributed by atoms with Crippen molar-refractivity contribution in [3.05, 3.63) is 88.4 Å². The van der Waals surface area contributed by atoms with Gasteiger partial charge in [-0.1, -0.05) is 46.3 Å². The summed E-state index contributed by atoms with van der Waals surface area (Å²) in [5.74, 6) is -0.0505. The second-order valence-corrected chi connectivity index (χ2v) is 8.61. The number of anilines is 1. The average molecular weight is 480 g/mol. The molecule has 0 atom stereocenters. The van der Waals surface area contributed by atoms with Gasteiger partial charge in [-0.05, 0) is 35.7 Å². The normalized spacial score (nSPS) is 15.5. The highest BCUT2D eigenvalue weighted by molar-refractivity contribution is 9.10. The third kappa shape index (κ3) is 5.89. The number of hydrogen-bond acceptors (Lipinski definition) is 5. The van der Waals surface area contributed by atoms with Crippen LogP contribution >= 0.6 is 15.9 Å². The molecule has 1 aromatic heterocycles. The largest absolute Gasteiger partial charge is 0.385 e. The van der Waals surface area contributed by atoms with Crippen molar-refractivity contribution in [2.45, 2.75) is 19.5 Å². The van der Waals surface area contributed by atoms with Gasteiger partial charge in [0.1, 0.15) is 6.33 Å². The van der Waals surface area contributed by atoms with Gasteiger partial charge < -0.3 is 10.2 Å². The van der Waals surface area contributed by atoms with Crippen LogP contribution in [0.2, 0.25) is 0 Å². The van der Waals surface area contributed by atoms with Crippen LogP contribution in [-0.2, 0) is 13.1 Å². The van der Waals surface area contributed by atoms with Crippen molar-refractivity contribution in [3.63, 3.8) is 0 Å². The summed E-state index contributed by atoms with van der Waals surface area (Å²) in [5.41, 5.74) is 3.96. The van der Waals surface area contributed by atoms with Gasteiger partial charge in [0.2, 0.25) is 0 Å². The van der Waals surface area contributed by atoms with E-state index in [1.165, 1.54) is 11.9 Å². The van der Waals surface area contributed by atoms with Crippen LogP contribution in [0.15, 0.2) is 71.7 Å². The van der Waals surface area contributed by atoms with Crippen LogP contribution in [0.3, 0.4) is 0 Å². The minimum Gasteiger partial charge on any atom is -0.385 e. The van der Waals surface area contributed by atoms with Crippen molar-refractivity contribution >= 4 is 27.5 Å². The molecule has 6 nitrogen and oxygen atoms in total. The van der Waals surface area contributed by atoms with Crippen molar-refractivity contribution in [2.24, 2.45) is 0 Å². The summed E-state index contributed by atoms with van der Waals surface area (Å²) in [6.45, 7) is 4.68. The molecule has 0 aliphatic carbocycles. The Hall–Kier alpha value is -2.77. The number of hydrogen-bond donors (Lipinski definition) is 1.